The molecule has 8 heteroatoms. The molecule has 0 unspecified atom stereocenters. The summed E-state index contributed by atoms with van der Waals surface area (Å²) in [6.07, 6.45) is 2.05. The van der Waals surface area contributed by atoms with E-state index in [-0.39, 0.29) is 18.3 Å². The van der Waals surface area contributed by atoms with Gasteiger partial charge in [0, 0.05) is 28.0 Å². The standard InChI is InChI=1S/C19H20BrN3OS2.ClH/c1-22(2)11-12-23(18(24)13-7-9-14(20)10-8-13)19-21-17-15(25-3)5-4-6-16(17)26-19;/h4-10H,11-12H2,1-3H3;1H. The number of amides is 1. The number of hydrogen-bond acceptors (Lipinski definition) is 5. The van der Waals surface area contributed by atoms with Crippen molar-refractivity contribution in [3.8, 4) is 0 Å². The third kappa shape index (κ3) is 5.23. The minimum atomic E-state index is -0.0240. The summed E-state index contributed by atoms with van der Waals surface area (Å²) in [6.45, 7) is 1.36. The Morgan fingerprint density at radius 3 is 2.48 bits per heavy atom. The maximum Gasteiger partial charge on any atom is 0.260 e. The van der Waals surface area contributed by atoms with Gasteiger partial charge in [-0.2, -0.15) is 0 Å². The van der Waals surface area contributed by atoms with Gasteiger partial charge in [0.05, 0.1) is 10.2 Å². The number of fused-ring (bicyclic) bond motifs is 1. The van der Waals surface area contributed by atoms with Crippen LogP contribution in [0.15, 0.2) is 51.8 Å². The van der Waals surface area contributed by atoms with Gasteiger partial charge < -0.3 is 4.90 Å². The summed E-state index contributed by atoms with van der Waals surface area (Å²) in [5, 5.41) is 0.747. The van der Waals surface area contributed by atoms with Crippen LogP contribution in [-0.4, -0.2) is 49.2 Å². The number of benzene rings is 2. The van der Waals surface area contributed by atoms with Gasteiger partial charge in [0.2, 0.25) is 0 Å². The predicted molar refractivity (Wildman–Crippen MR) is 123 cm³/mol. The van der Waals surface area contributed by atoms with Crippen molar-refractivity contribution in [2.45, 2.75) is 4.90 Å². The molecule has 0 spiro atoms. The first-order valence-electron chi connectivity index (χ1n) is 8.15. The molecule has 0 aliphatic rings. The third-order valence-corrected chi connectivity index (χ3v) is 6.27. The van der Waals surface area contributed by atoms with Crippen LogP contribution in [0.3, 0.4) is 0 Å². The van der Waals surface area contributed by atoms with Gasteiger partial charge in [0.15, 0.2) is 5.13 Å². The zero-order valence-corrected chi connectivity index (χ0v) is 19.3. The number of anilines is 1. The second-order valence-corrected chi connectivity index (χ2v) is 8.84. The largest absolute Gasteiger partial charge is 0.308 e. The number of nitrogens with zero attached hydrogens (tertiary/aromatic N) is 3. The molecule has 1 aromatic heterocycles. The molecule has 0 atom stereocenters. The zero-order valence-electron chi connectivity index (χ0n) is 15.3. The minimum absolute atomic E-state index is 0. The molecule has 0 fully saturated rings. The fourth-order valence-corrected chi connectivity index (χ4v) is 4.43. The Kier molecular flexibility index (Phi) is 8.12. The number of likely N-dealkylation sites (N-methyl/N-ethyl adjacent to an activating group) is 1. The summed E-state index contributed by atoms with van der Waals surface area (Å²) < 4.78 is 2.06. The third-order valence-electron chi connectivity index (χ3n) is 3.93. The lowest BCUT2D eigenvalue weighted by molar-refractivity contribution is 0.0985. The van der Waals surface area contributed by atoms with E-state index in [4.69, 9.17) is 4.98 Å². The molecular weight excluding hydrogens is 466 g/mol. The molecule has 27 heavy (non-hydrogen) atoms. The Labute approximate surface area is 182 Å². The van der Waals surface area contributed by atoms with Crippen molar-refractivity contribution >= 4 is 72.7 Å². The van der Waals surface area contributed by atoms with E-state index < -0.39 is 0 Å². The zero-order chi connectivity index (χ0) is 18.7. The summed E-state index contributed by atoms with van der Waals surface area (Å²) in [6, 6.07) is 13.6. The number of thiazole rings is 1. The summed E-state index contributed by atoms with van der Waals surface area (Å²) in [5.74, 6) is -0.0240. The van der Waals surface area contributed by atoms with E-state index in [0.29, 0.717) is 12.1 Å². The average molecular weight is 487 g/mol. The number of carbonyl (C=O) groups is 1. The maximum atomic E-state index is 13.2. The Bertz CT molecular complexity index is 915. The van der Waals surface area contributed by atoms with Crippen LogP contribution in [0, 0.1) is 0 Å². The predicted octanol–water partition coefficient (Wildman–Crippen LogP) is 5.41. The Balaban J connectivity index is 0.00000261. The van der Waals surface area contributed by atoms with Crippen molar-refractivity contribution in [1.82, 2.24) is 9.88 Å². The van der Waals surface area contributed by atoms with E-state index in [1.165, 1.54) is 0 Å². The molecule has 0 saturated heterocycles. The molecule has 3 rings (SSSR count). The van der Waals surface area contributed by atoms with Crippen molar-refractivity contribution in [2.24, 2.45) is 0 Å². The van der Waals surface area contributed by atoms with E-state index >= 15 is 0 Å². The smallest absolute Gasteiger partial charge is 0.260 e. The molecule has 3 aromatic rings. The van der Waals surface area contributed by atoms with Gasteiger partial charge in [-0.3, -0.25) is 9.69 Å². The number of halogens is 2. The molecule has 0 saturated carbocycles. The Hall–Kier alpha value is -1.12. The van der Waals surface area contributed by atoms with Gasteiger partial charge in [0.1, 0.15) is 0 Å². The van der Waals surface area contributed by atoms with E-state index in [0.717, 1.165) is 31.3 Å². The van der Waals surface area contributed by atoms with Crippen LogP contribution in [0.25, 0.3) is 10.2 Å². The summed E-state index contributed by atoms with van der Waals surface area (Å²) in [7, 11) is 4.01. The fourth-order valence-electron chi connectivity index (χ4n) is 2.52. The molecule has 2 aromatic carbocycles. The number of rotatable bonds is 6. The normalized spacial score (nSPS) is 10.9. The highest BCUT2D eigenvalue weighted by Gasteiger charge is 2.22. The fraction of sp³-hybridized carbons (Fsp3) is 0.263. The second kappa shape index (κ2) is 9.89. The molecule has 0 aliphatic carbocycles. The summed E-state index contributed by atoms with van der Waals surface area (Å²) >= 11 is 6.66. The van der Waals surface area contributed by atoms with E-state index in [1.54, 1.807) is 28.0 Å². The molecule has 4 nitrogen and oxygen atoms in total. The van der Waals surface area contributed by atoms with Crippen molar-refractivity contribution in [3.05, 3.63) is 52.5 Å². The number of thioether (sulfide) groups is 1. The molecule has 1 heterocycles. The van der Waals surface area contributed by atoms with Crippen LogP contribution in [0.2, 0.25) is 0 Å². The Morgan fingerprint density at radius 1 is 1.15 bits per heavy atom. The van der Waals surface area contributed by atoms with Crippen molar-refractivity contribution in [3.63, 3.8) is 0 Å². The Morgan fingerprint density at radius 2 is 1.85 bits per heavy atom. The molecule has 0 bridgehead atoms. The molecule has 144 valence electrons. The number of hydrogen-bond donors (Lipinski definition) is 0. The lowest BCUT2D eigenvalue weighted by atomic mass is 10.2. The van der Waals surface area contributed by atoms with Gasteiger partial charge in [0.25, 0.3) is 5.91 Å². The first kappa shape index (κ1) is 22.2. The highest BCUT2D eigenvalue weighted by atomic mass is 79.9. The van der Waals surface area contributed by atoms with Crippen LogP contribution >= 0.6 is 51.4 Å². The SMILES string of the molecule is CSc1cccc2sc(N(CCN(C)C)C(=O)c3ccc(Br)cc3)nc12.Cl. The van der Waals surface area contributed by atoms with E-state index in [2.05, 4.69) is 33.0 Å². The van der Waals surface area contributed by atoms with Crippen LogP contribution in [0.4, 0.5) is 5.13 Å². The lowest BCUT2D eigenvalue weighted by Crippen LogP contribution is -2.36. The summed E-state index contributed by atoms with van der Waals surface area (Å²) in [5.41, 5.74) is 1.63. The van der Waals surface area contributed by atoms with Gasteiger partial charge in [-0.05, 0) is 56.7 Å². The topological polar surface area (TPSA) is 36.4 Å². The quantitative estimate of drug-likeness (QED) is 0.436. The maximum absolute atomic E-state index is 13.2. The number of aromatic nitrogens is 1. The van der Waals surface area contributed by atoms with Crippen molar-refractivity contribution in [2.75, 3.05) is 38.3 Å². The lowest BCUT2D eigenvalue weighted by Gasteiger charge is -2.22. The molecule has 1 amide bonds. The van der Waals surface area contributed by atoms with Gasteiger partial charge in [-0.1, -0.05) is 33.3 Å². The van der Waals surface area contributed by atoms with Gasteiger partial charge >= 0.3 is 0 Å². The number of para-hydroxylation sites is 1. The molecule has 0 N–H and O–H groups in total. The van der Waals surface area contributed by atoms with Gasteiger partial charge in [-0.15, -0.1) is 24.2 Å². The first-order valence-corrected chi connectivity index (χ1v) is 11.0. The molecular formula is C19H21BrClN3OS2. The first-order chi connectivity index (χ1) is 12.5. The van der Waals surface area contributed by atoms with Crippen LogP contribution in [-0.2, 0) is 0 Å². The van der Waals surface area contributed by atoms with Crippen molar-refractivity contribution < 1.29 is 4.79 Å². The monoisotopic (exact) mass is 485 g/mol. The number of carbonyl (C=O) groups excluding carboxylic acids is 1. The van der Waals surface area contributed by atoms with E-state index in [9.17, 15) is 4.79 Å². The highest BCUT2D eigenvalue weighted by molar-refractivity contribution is 9.10. The van der Waals surface area contributed by atoms with Crippen LogP contribution in [0.1, 0.15) is 10.4 Å². The summed E-state index contributed by atoms with van der Waals surface area (Å²) in [4.78, 5) is 22.9. The average Bonchev–Trinajstić information content (AvgIpc) is 3.05. The van der Waals surface area contributed by atoms with Gasteiger partial charge in [-0.25, -0.2) is 4.98 Å². The molecule has 0 radical (unpaired) electrons. The second-order valence-electron chi connectivity index (χ2n) is 6.07. The van der Waals surface area contributed by atoms with Crippen LogP contribution < -0.4 is 4.90 Å². The molecule has 0 aliphatic heterocycles. The minimum Gasteiger partial charge on any atom is -0.308 e. The van der Waals surface area contributed by atoms with E-state index in [1.807, 2.05) is 50.7 Å². The van der Waals surface area contributed by atoms with Crippen molar-refractivity contribution in [1.29, 1.82) is 0 Å². The highest BCUT2D eigenvalue weighted by Crippen LogP contribution is 2.34. The van der Waals surface area contributed by atoms with Crippen LogP contribution in [0.5, 0.6) is 0 Å².